The van der Waals surface area contributed by atoms with E-state index in [2.05, 4.69) is 60.2 Å². The van der Waals surface area contributed by atoms with Crippen LogP contribution in [0.4, 0.5) is 0 Å². The Bertz CT molecular complexity index is 710. The molecule has 0 aliphatic carbocycles. The van der Waals surface area contributed by atoms with Gasteiger partial charge < -0.3 is 10.4 Å². The van der Waals surface area contributed by atoms with Crippen LogP contribution in [0.25, 0.3) is 0 Å². The van der Waals surface area contributed by atoms with Crippen molar-refractivity contribution in [3.05, 3.63) is 69.2 Å². The Morgan fingerprint density at radius 1 is 1.17 bits per heavy atom. The van der Waals surface area contributed by atoms with Crippen molar-refractivity contribution in [1.29, 1.82) is 0 Å². The maximum absolute atomic E-state index is 11.0. The number of hydrogen-bond acceptors (Lipinski definition) is 2. The first kappa shape index (κ1) is 17.7. The van der Waals surface area contributed by atoms with Crippen molar-refractivity contribution in [2.45, 2.75) is 39.3 Å². The summed E-state index contributed by atoms with van der Waals surface area (Å²) in [5.41, 5.74) is 3.73. The van der Waals surface area contributed by atoms with E-state index in [9.17, 15) is 4.79 Å². The van der Waals surface area contributed by atoms with Crippen molar-refractivity contribution >= 4 is 21.9 Å². The minimum Gasteiger partial charge on any atom is -0.478 e. The molecule has 0 radical (unpaired) electrons. The van der Waals surface area contributed by atoms with Crippen LogP contribution < -0.4 is 5.32 Å². The fourth-order valence-corrected chi connectivity index (χ4v) is 2.79. The van der Waals surface area contributed by atoms with Gasteiger partial charge in [0.15, 0.2) is 0 Å². The zero-order chi connectivity index (χ0) is 17.0. The van der Waals surface area contributed by atoms with Crippen LogP contribution in [0.3, 0.4) is 0 Å². The van der Waals surface area contributed by atoms with Crippen molar-refractivity contribution in [3.8, 4) is 0 Å². The molecule has 0 bridgehead atoms. The highest BCUT2D eigenvalue weighted by Gasteiger charge is 2.18. The first-order valence-corrected chi connectivity index (χ1v) is 8.38. The molecule has 0 aliphatic heterocycles. The van der Waals surface area contributed by atoms with E-state index in [1.54, 1.807) is 18.2 Å². The van der Waals surface area contributed by atoms with Crippen LogP contribution in [-0.2, 0) is 13.0 Å². The molecule has 4 heteroatoms. The second-order valence-electron chi connectivity index (χ2n) is 6.50. The van der Waals surface area contributed by atoms with Gasteiger partial charge >= 0.3 is 5.97 Å². The Morgan fingerprint density at radius 3 is 2.57 bits per heavy atom. The van der Waals surface area contributed by atoms with Gasteiger partial charge in [-0.05, 0) is 62.1 Å². The topological polar surface area (TPSA) is 49.3 Å². The van der Waals surface area contributed by atoms with Crippen LogP contribution in [0.2, 0.25) is 0 Å². The molecule has 0 saturated heterocycles. The lowest BCUT2D eigenvalue weighted by atomic mass is 9.93. The van der Waals surface area contributed by atoms with E-state index in [4.69, 9.17) is 5.11 Å². The SMILES string of the molecule is Cc1cc(CC(C)(C)NCc2cccc(C(=O)O)c2)ccc1Br. The van der Waals surface area contributed by atoms with Crippen molar-refractivity contribution in [3.63, 3.8) is 0 Å². The lowest BCUT2D eigenvalue weighted by Gasteiger charge is -2.27. The van der Waals surface area contributed by atoms with E-state index in [0.717, 1.165) is 16.5 Å². The lowest BCUT2D eigenvalue weighted by molar-refractivity contribution is 0.0696. The molecule has 0 saturated carbocycles. The number of aryl methyl sites for hydroxylation is 1. The summed E-state index contributed by atoms with van der Waals surface area (Å²) in [7, 11) is 0. The van der Waals surface area contributed by atoms with E-state index in [0.29, 0.717) is 12.1 Å². The molecule has 2 rings (SSSR count). The van der Waals surface area contributed by atoms with Crippen molar-refractivity contribution in [2.75, 3.05) is 0 Å². The molecule has 2 aromatic carbocycles. The third-order valence-electron chi connectivity index (χ3n) is 3.81. The minimum absolute atomic E-state index is 0.0838. The number of hydrogen-bond donors (Lipinski definition) is 2. The molecule has 0 aromatic heterocycles. The van der Waals surface area contributed by atoms with Gasteiger partial charge in [-0.1, -0.05) is 40.2 Å². The Labute approximate surface area is 145 Å². The summed E-state index contributed by atoms with van der Waals surface area (Å²) in [5.74, 6) is -0.892. The van der Waals surface area contributed by atoms with Crippen LogP contribution in [0.5, 0.6) is 0 Å². The number of carboxylic acid groups (broad SMARTS) is 1. The molecular formula is C19H22BrNO2. The molecule has 0 fully saturated rings. The van der Waals surface area contributed by atoms with Crippen molar-refractivity contribution < 1.29 is 9.90 Å². The van der Waals surface area contributed by atoms with Gasteiger partial charge in [-0.25, -0.2) is 4.79 Å². The second kappa shape index (κ2) is 7.28. The summed E-state index contributed by atoms with van der Waals surface area (Å²) in [6.45, 7) is 7.05. The van der Waals surface area contributed by atoms with E-state index >= 15 is 0 Å². The number of benzene rings is 2. The van der Waals surface area contributed by atoms with Gasteiger partial charge in [0.05, 0.1) is 5.56 Å². The van der Waals surface area contributed by atoms with Crippen LogP contribution in [0, 0.1) is 6.92 Å². The summed E-state index contributed by atoms with van der Waals surface area (Å²) in [5, 5.41) is 12.6. The molecule has 2 N–H and O–H groups in total. The lowest BCUT2D eigenvalue weighted by Crippen LogP contribution is -2.40. The van der Waals surface area contributed by atoms with Gasteiger partial charge in [0.2, 0.25) is 0 Å². The summed E-state index contributed by atoms with van der Waals surface area (Å²) in [6.07, 6.45) is 0.903. The number of nitrogens with one attached hydrogen (secondary N) is 1. The third-order valence-corrected chi connectivity index (χ3v) is 4.70. The molecule has 122 valence electrons. The maximum atomic E-state index is 11.0. The van der Waals surface area contributed by atoms with Gasteiger partial charge in [-0.3, -0.25) is 0 Å². The Morgan fingerprint density at radius 2 is 1.91 bits per heavy atom. The van der Waals surface area contributed by atoms with Gasteiger partial charge in [0, 0.05) is 16.6 Å². The first-order chi connectivity index (χ1) is 10.8. The highest BCUT2D eigenvalue weighted by molar-refractivity contribution is 9.10. The molecule has 3 nitrogen and oxygen atoms in total. The molecule has 0 amide bonds. The summed E-state index contributed by atoms with van der Waals surface area (Å²) in [4.78, 5) is 11.0. The molecule has 0 spiro atoms. The van der Waals surface area contributed by atoms with E-state index in [1.807, 2.05) is 6.07 Å². The highest BCUT2D eigenvalue weighted by Crippen LogP contribution is 2.20. The molecule has 2 aromatic rings. The smallest absolute Gasteiger partial charge is 0.335 e. The molecular weight excluding hydrogens is 354 g/mol. The Kier molecular flexibility index (Phi) is 5.60. The Balaban J connectivity index is 2.02. The maximum Gasteiger partial charge on any atom is 0.335 e. The third kappa shape index (κ3) is 5.19. The molecule has 23 heavy (non-hydrogen) atoms. The molecule has 0 unspecified atom stereocenters. The minimum atomic E-state index is -0.892. The van der Waals surface area contributed by atoms with Crippen LogP contribution in [0.15, 0.2) is 46.9 Å². The summed E-state index contributed by atoms with van der Waals surface area (Å²) < 4.78 is 1.12. The zero-order valence-corrected chi connectivity index (χ0v) is 15.3. The van der Waals surface area contributed by atoms with Crippen LogP contribution >= 0.6 is 15.9 Å². The van der Waals surface area contributed by atoms with Gasteiger partial charge in [0.25, 0.3) is 0 Å². The highest BCUT2D eigenvalue weighted by atomic mass is 79.9. The number of halogens is 1. The van der Waals surface area contributed by atoms with Gasteiger partial charge in [-0.15, -0.1) is 0 Å². The summed E-state index contributed by atoms with van der Waals surface area (Å²) >= 11 is 3.53. The van der Waals surface area contributed by atoms with Crippen LogP contribution in [-0.4, -0.2) is 16.6 Å². The normalized spacial score (nSPS) is 11.5. The zero-order valence-electron chi connectivity index (χ0n) is 13.7. The fourth-order valence-electron chi connectivity index (χ4n) is 2.55. The second-order valence-corrected chi connectivity index (χ2v) is 7.36. The number of rotatable bonds is 6. The predicted molar refractivity (Wildman–Crippen MR) is 96.9 cm³/mol. The molecule has 0 atom stereocenters. The number of carbonyl (C=O) groups is 1. The summed E-state index contributed by atoms with van der Waals surface area (Å²) in [6, 6.07) is 13.5. The number of carboxylic acids is 1. The van der Waals surface area contributed by atoms with Gasteiger partial charge in [0.1, 0.15) is 0 Å². The van der Waals surface area contributed by atoms with Crippen molar-refractivity contribution in [1.82, 2.24) is 5.32 Å². The largest absolute Gasteiger partial charge is 0.478 e. The predicted octanol–water partition coefficient (Wildman–Crippen LogP) is 4.57. The average Bonchev–Trinajstić information content (AvgIpc) is 2.49. The van der Waals surface area contributed by atoms with E-state index in [-0.39, 0.29) is 5.54 Å². The number of aromatic carboxylic acids is 1. The van der Waals surface area contributed by atoms with Crippen molar-refractivity contribution in [2.24, 2.45) is 0 Å². The Hall–Kier alpha value is -1.65. The van der Waals surface area contributed by atoms with Gasteiger partial charge in [-0.2, -0.15) is 0 Å². The van der Waals surface area contributed by atoms with E-state index in [1.165, 1.54) is 11.1 Å². The van der Waals surface area contributed by atoms with E-state index < -0.39 is 5.97 Å². The van der Waals surface area contributed by atoms with Crippen LogP contribution in [0.1, 0.15) is 40.9 Å². The average molecular weight is 376 g/mol. The standard InChI is InChI=1S/C19H22BrNO2/c1-13-9-14(7-8-17(13)20)11-19(2,3)21-12-15-5-4-6-16(10-15)18(22)23/h4-10,21H,11-12H2,1-3H3,(H,22,23). The first-order valence-electron chi connectivity index (χ1n) is 7.59. The quantitative estimate of drug-likeness (QED) is 0.777. The monoisotopic (exact) mass is 375 g/mol. The molecule has 0 heterocycles. The molecule has 0 aliphatic rings. The fraction of sp³-hybridized carbons (Fsp3) is 0.316.